The van der Waals surface area contributed by atoms with Crippen LogP contribution in [-0.2, 0) is 33.3 Å². The molecular weight excluding hydrogens is 1010 g/mol. The molecule has 0 N–H and O–H groups in total. The largest absolute Gasteiger partial charge is 0.545 e. The van der Waals surface area contributed by atoms with Crippen molar-refractivity contribution in [1.82, 2.24) is 0 Å². The van der Waals surface area contributed by atoms with E-state index < -0.39 is 24.3 Å². The Labute approximate surface area is 500 Å². The number of esters is 2. The van der Waals surface area contributed by atoms with Gasteiger partial charge in [0.1, 0.15) is 13.2 Å². The normalized spacial score (nSPS) is 13.1. The van der Waals surface area contributed by atoms with Gasteiger partial charge in [-0.3, -0.25) is 9.59 Å². The molecule has 0 aromatic carbocycles. The molecule has 0 aliphatic carbocycles. The zero-order chi connectivity index (χ0) is 59.1. The second kappa shape index (κ2) is 62.8. The molecule has 0 rings (SSSR count). The van der Waals surface area contributed by atoms with Crippen molar-refractivity contribution in [2.75, 3.05) is 47.5 Å². The van der Waals surface area contributed by atoms with Crippen LogP contribution in [0.1, 0.15) is 309 Å². The summed E-state index contributed by atoms with van der Waals surface area (Å²) in [5.74, 6) is -2.30. The van der Waals surface area contributed by atoms with Crippen molar-refractivity contribution >= 4 is 17.9 Å². The zero-order valence-electron chi connectivity index (χ0n) is 53.7. The van der Waals surface area contributed by atoms with E-state index in [0.717, 1.165) is 83.5 Å². The fourth-order valence-corrected chi connectivity index (χ4v) is 9.74. The van der Waals surface area contributed by atoms with Gasteiger partial charge in [0.2, 0.25) is 0 Å². The lowest BCUT2D eigenvalue weighted by Crippen LogP contribution is -2.44. The van der Waals surface area contributed by atoms with E-state index in [-0.39, 0.29) is 38.6 Å². The number of carbonyl (C=O) groups excluding carboxylic acids is 3. The number of rotatable bonds is 63. The van der Waals surface area contributed by atoms with E-state index in [0.29, 0.717) is 17.4 Å². The third kappa shape index (κ3) is 64.1. The molecule has 0 aromatic heterocycles. The lowest BCUT2D eigenvalue weighted by atomic mass is 10.0. The van der Waals surface area contributed by atoms with Gasteiger partial charge in [-0.1, -0.05) is 286 Å². The van der Waals surface area contributed by atoms with Crippen molar-refractivity contribution in [3.8, 4) is 0 Å². The monoisotopic (exact) mass is 1140 g/mol. The van der Waals surface area contributed by atoms with Gasteiger partial charge in [0, 0.05) is 12.8 Å². The summed E-state index contributed by atoms with van der Waals surface area (Å²) in [6.45, 7) is 4.63. The molecule has 0 saturated heterocycles. The van der Waals surface area contributed by atoms with Crippen LogP contribution in [0, 0.1) is 0 Å². The Kier molecular flexibility index (Phi) is 60.2. The summed E-state index contributed by atoms with van der Waals surface area (Å²) < 4.78 is 22.7. The first-order valence-electron chi connectivity index (χ1n) is 34.1. The number of hydrogen-bond acceptors (Lipinski definition) is 8. The molecule has 0 heterocycles. The molecule has 0 spiro atoms. The SMILES string of the molecule is CC/C=C\C/C=C\C/C=C\CCCCCCCC(=O)OCC(COC(OCC[N+](C)(C)C)C(=O)[O-])OC(=O)CCCCCCCCCCCCCCCCCCCCCCCCCCCC/C=C\C/C=C\C/C=C\CCCCCCC. The van der Waals surface area contributed by atoms with E-state index in [1.807, 2.05) is 21.1 Å². The Morgan fingerprint density at radius 2 is 0.704 bits per heavy atom. The molecule has 0 radical (unpaired) electrons. The average Bonchev–Trinajstić information content (AvgIpc) is 3.44. The van der Waals surface area contributed by atoms with Crippen molar-refractivity contribution in [3.63, 3.8) is 0 Å². The summed E-state index contributed by atoms with van der Waals surface area (Å²) in [5.41, 5.74) is 0. The number of carbonyl (C=O) groups is 3. The standard InChI is InChI=1S/C72H129NO8/c1-6-8-10-12-14-16-18-20-22-23-24-25-26-27-28-29-30-31-32-33-34-35-36-37-38-39-40-41-42-43-44-45-46-47-49-51-53-55-57-59-61-63-70(75)81-68(67-80-72(71(76)77)78-65-64-73(3,4)5)66-79-69(74)62-60-58-56-54-52-50-48-21-19-17-15-13-11-9-7-2/h9,11,15,17-18,20-21,23-24,26-27,48,68,72H,6-8,10,12-14,16,19,22,25,28-47,49-67H2,1-5H3/b11-9-,17-15-,20-18-,24-23-,27-26-,48-21-. The van der Waals surface area contributed by atoms with Crippen LogP contribution < -0.4 is 5.11 Å². The predicted octanol–water partition coefficient (Wildman–Crippen LogP) is 19.6. The van der Waals surface area contributed by atoms with Crippen molar-refractivity contribution < 1.29 is 42.9 Å². The van der Waals surface area contributed by atoms with E-state index >= 15 is 0 Å². The number of ether oxygens (including phenoxy) is 4. The maximum atomic E-state index is 12.9. The second-order valence-electron chi connectivity index (χ2n) is 24.1. The van der Waals surface area contributed by atoms with E-state index in [1.165, 1.54) is 193 Å². The number of unbranched alkanes of at least 4 members (excludes halogenated alkanes) is 36. The van der Waals surface area contributed by atoms with Gasteiger partial charge in [0.05, 0.1) is 40.3 Å². The molecule has 81 heavy (non-hydrogen) atoms. The first kappa shape index (κ1) is 77.7. The molecule has 0 amide bonds. The summed E-state index contributed by atoms with van der Waals surface area (Å²) >= 11 is 0. The van der Waals surface area contributed by atoms with Gasteiger partial charge in [-0.2, -0.15) is 0 Å². The number of likely N-dealkylation sites (N-methyl/N-ethyl adjacent to an activating group) is 1. The highest BCUT2D eigenvalue weighted by Crippen LogP contribution is 2.18. The maximum Gasteiger partial charge on any atom is 0.306 e. The van der Waals surface area contributed by atoms with E-state index in [4.69, 9.17) is 18.9 Å². The van der Waals surface area contributed by atoms with Crippen LogP contribution in [0.25, 0.3) is 0 Å². The first-order valence-corrected chi connectivity index (χ1v) is 34.1. The number of nitrogens with zero attached hydrogens (tertiary/aromatic N) is 1. The van der Waals surface area contributed by atoms with Crippen LogP contribution in [0.5, 0.6) is 0 Å². The molecule has 2 atom stereocenters. The van der Waals surface area contributed by atoms with Crippen LogP contribution in [-0.4, -0.2) is 82.3 Å². The van der Waals surface area contributed by atoms with Crippen LogP contribution in [0.2, 0.25) is 0 Å². The Balaban J connectivity index is 3.93. The highest BCUT2D eigenvalue weighted by atomic mass is 16.7. The average molecular weight is 1140 g/mol. The number of carboxylic acid groups (broad SMARTS) is 1. The molecule has 0 saturated carbocycles. The molecule has 0 aliphatic heterocycles. The minimum Gasteiger partial charge on any atom is -0.545 e. The van der Waals surface area contributed by atoms with Crippen molar-refractivity contribution in [3.05, 3.63) is 72.9 Å². The molecule has 0 aromatic rings. The minimum atomic E-state index is -1.63. The number of quaternary nitrogens is 1. The highest BCUT2D eigenvalue weighted by Gasteiger charge is 2.22. The quantitative estimate of drug-likeness (QED) is 0.0195. The molecular formula is C72H129NO8. The summed E-state index contributed by atoms with van der Waals surface area (Å²) in [6.07, 6.45) is 80.1. The number of hydrogen-bond donors (Lipinski definition) is 0. The molecule has 2 unspecified atom stereocenters. The molecule has 0 fully saturated rings. The van der Waals surface area contributed by atoms with Gasteiger partial charge in [-0.25, -0.2) is 0 Å². The van der Waals surface area contributed by atoms with Crippen LogP contribution in [0.3, 0.4) is 0 Å². The fourth-order valence-electron chi connectivity index (χ4n) is 9.74. The Hall–Kier alpha value is -3.27. The van der Waals surface area contributed by atoms with Crippen LogP contribution in [0.4, 0.5) is 0 Å². The Bertz CT molecular complexity index is 1560. The first-order chi connectivity index (χ1) is 39.6. The summed E-state index contributed by atoms with van der Waals surface area (Å²) in [5, 5.41) is 11.8. The lowest BCUT2D eigenvalue weighted by Gasteiger charge is -2.26. The second-order valence-corrected chi connectivity index (χ2v) is 24.1. The molecule has 9 nitrogen and oxygen atoms in total. The Morgan fingerprint density at radius 3 is 1.05 bits per heavy atom. The lowest BCUT2D eigenvalue weighted by molar-refractivity contribution is -0.870. The minimum absolute atomic E-state index is 0.144. The number of aliphatic carboxylic acids is 1. The molecule has 0 aliphatic rings. The molecule has 9 heteroatoms. The smallest absolute Gasteiger partial charge is 0.306 e. The van der Waals surface area contributed by atoms with Gasteiger partial charge in [0.15, 0.2) is 12.4 Å². The van der Waals surface area contributed by atoms with Crippen molar-refractivity contribution in [2.45, 2.75) is 322 Å². The van der Waals surface area contributed by atoms with Crippen LogP contribution >= 0.6 is 0 Å². The summed E-state index contributed by atoms with van der Waals surface area (Å²) in [6, 6.07) is 0. The molecule has 0 bridgehead atoms. The van der Waals surface area contributed by atoms with E-state index in [9.17, 15) is 19.5 Å². The van der Waals surface area contributed by atoms with Gasteiger partial charge < -0.3 is 33.3 Å². The number of carboxylic acids is 1. The fraction of sp³-hybridized carbons (Fsp3) is 0.792. The third-order valence-electron chi connectivity index (χ3n) is 14.9. The van der Waals surface area contributed by atoms with Crippen molar-refractivity contribution in [2.24, 2.45) is 0 Å². The van der Waals surface area contributed by atoms with Crippen LogP contribution in [0.15, 0.2) is 72.9 Å². The van der Waals surface area contributed by atoms with Crippen molar-refractivity contribution in [1.29, 1.82) is 0 Å². The number of allylic oxidation sites excluding steroid dienone is 12. The zero-order valence-corrected chi connectivity index (χ0v) is 53.7. The Morgan fingerprint density at radius 1 is 0.383 bits per heavy atom. The topological polar surface area (TPSA) is 111 Å². The van der Waals surface area contributed by atoms with Gasteiger partial charge in [-0.15, -0.1) is 0 Å². The molecule has 470 valence electrons. The van der Waals surface area contributed by atoms with Gasteiger partial charge in [-0.05, 0) is 83.5 Å². The predicted molar refractivity (Wildman–Crippen MR) is 343 cm³/mol. The van der Waals surface area contributed by atoms with Gasteiger partial charge >= 0.3 is 11.9 Å². The van der Waals surface area contributed by atoms with E-state index in [1.54, 1.807) is 0 Å². The van der Waals surface area contributed by atoms with E-state index in [2.05, 4.69) is 86.8 Å². The third-order valence-corrected chi connectivity index (χ3v) is 14.9. The summed E-state index contributed by atoms with van der Waals surface area (Å²) in [4.78, 5) is 37.3. The highest BCUT2D eigenvalue weighted by molar-refractivity contribution is 5.70. The summed E-state index contributed by atoms with van der Waals surface area (Å²) in [7, 11) is 5.92. The maximum absolute atomic E-state index is 12.9. The van der Waals surface area contributed by atoms with Gasteiger partial charge in [0.25, 0.3) is 0 Å².